The Morgan fingerprint density at radius 3 is 2.30 bits per heavy atom. The minimum absolute atomic E-state index is 0.127. The first kappa shape index (κ1) is 13.1. The minimum atomic E-state index is -0.680. The molecule has 3 atom stereocenters. The van der Waals surface area contributed by atoms with Crippen LogP contribution in [0.4, 0.5) is 0 Å². The maximum Gasteiger partial charge on any atom is 0.235 e. The van der Waals surface area contributed by atoms with Gasteiger partial charge in [0, 0.05) is 0 Å². The van der Waals surface area contributed by atoms with Crippen LogP contribution >= 0.6 is 0 Å². The van der Waals surface area contributed by atoms with Crippen molar-refractivity contribution in [1.82, 2.24) is 4.90 Å². The zero-order valence-corrected chi connectivity index (χ0v) is 11.5. The molecule has 4 heteroatoms. The number of carbonyl (C=O) groups is 2. The topological polar surface area (TPSA) is 63.4 Å². The Morgan fingerprint density at radius 1 is 1.15 bits per heavy atom. The summed E-state index contributed by atoms with van der Waals surface area (Å²) in [7, 11) is 0. The Kier molecular flexibility index (Phi) is 3.18. The van der Waals surface area contributed by atoms with Crippen LogP contribution in [0.5, 0.6) is 0 Å². The molecule has 2 aliphatic rings. The van der Waals surface area contributed by atoms with Crippen LogP contribution in [0.25, 0.3) is 0 Å². The van der Waals surface area contributed by atoms with E-state index in [1.807, 2.05) is 43.3 Å². The molecule has 1 saturated heterocycles. The van der Waals surface area contributed by atoms with Gasteiger partial charge in [0.05, 0.1) is 11.8 Å². The van der Waals surface area contributed by atoms with E-state index in [9.17, 15) is 9.59 Å². The number of imide groups is 1. The van der Waals surface area contributed by atoms with Gasteiger partial charge in [-0.15, -0.1) is 0 Å². The van der Waals surface area contributed by atoms with Crippen LogP contribution in [-0.4, -0.2) is 16.7 Å². The summed E-state index contributed by atoms with van der Waals surface area (Å²) in [4.78, 5) is 26.1. The van der Waals surface area contributed by atoms with E-state index < -0.39 is 6.17 Å². The number of nitrogens with zero attached hydrogens (tertiary/aromatic N) is 1. The standard InChI is InChI=1S/C16H18N2O2/c1-10-5-4-6-11(9-10)14(17)18-15(19)12-7-2-3-8-13(12)16(18)20/h2-6,9,12-14H,7-8,17H2,1H3. The first-order valence-corrected chi connectivity index (χ1v) is 6.93. The van der Waals surface area contributed by atoms with Gasteiger partial charge < -0.3 is 5.73 Å². The molecule has 3 rings (SSSR count). The van der Waals surface area contributed by atoms with Gasteiger partial charge >= 0.3 is 0 Å². The Bertz CT molecular complexity index is 568. The molecule has 0 aromatic heterocycles. The highest BCUT2D eigenvalue weighted by Crippen LogP contribution is 2.37. The SMILES string of the molecule is Cc1cccc(C(N)N2C(=O)C3CC=CCC3C2=O)c1. The lowest BCUT2D eigenvalue weighted by Gasteiger charge is -2.23. The zero-order chi connectivity index (χ0) is 14.3. The molecule has 3 unspecified atom stereocenters. The third-order valence-corrected chi connectivity index (χ3v) is 4.20. The Morgan fingerprint density at radius 2 is 1.75 bits per heavy atom. The van der Waals surface area contributed by atoms with E-state index in [1.165, 1.54) is 4.90 Å². The van der Waals surface area contributed by atoms with Gasteiger partial charge in [-0.3, -0.25) is 14.5 Å². The summed E-state index contributed by atoms with van der Waals surface area (Å²) in [5.74, 6) is -0.691. The molecule has 2 N–H and O–H groups in total. The highest BCUT2D eigenvalue weighted by Gasteiger charge is 2.49. The van der Waals surface area contributed by atoms with Crippen LogP contribution in [-0.2, 0) is 9.59 Å². The molecule has 1 fully saturated rings. The predicted octanol–water partition coefficient (Wildman–Crippen LogP) is 1.90. The fourth-order valence-electron chi connectivity index (χ4n) is 3.10. The van der Waals surface area contributed by atoms with E-state index in [2.05, 4.69) is 0 Å². The van der Waals surface area contributed by atoms with Crippen molar-refractivity contribution in [2.45, 2.75) is 25.9 Å². The van der Waals surface area contributed by atoms with E-state index in [0.29, 0.717) is 12.8 Å². The summed E-state index contributed by atoms with van der Waals surface area (Å²) in [6, 6.07) is 7.64. The molecule has 1 aliphatic heterocycles. The van der Waals surface area contributed by atoms with Crippen LogP contribution in [0.3, 0.4) is 0 Å². The molecular formula is C16H18N2O2. The maximum absolute atomic E-state index is 12.4. The third kappa shape index (κ3) is 1.96. The lowest BCUT2D eigenvalue weighted by atomic mass is 9.85. The van der Waals surface area contributed by atoms with Gasteiger partial charge in [-0.2, -0.15) is 0 Å². The van der Waals surface area contributed by atoms with E-state index in [-0.39, 0.29) is 23.7 Å². The van der Waals surface area contributed by atoms with Gasteiger partial charge in [0.2, 0.25) is 11.8 Å². The molecule has 20 heavy (non-hydrogen) atoms. The maximum atomic E-state index is 12.4. The smallest absolute Gasteiger partial charge is 0.235 e. The first-order chi connectivity index (χ1) is 9.59. The summed E-state index contributed by atoms with van der Waals surface area (Å²) in [5, 5.41) is 0. The second-order valence-electron chi connectivity index (χ2n) is 5.56. The van der Waals surface area contributed by atoms with Crippen molar-refractivity contribution in [3.05, 3.63) is 47.5 Å². The molecule has 0 bridgehead atoms. The molecule has 0 spiro atoms. The molecule has 104 valence electrons. The second kappa shape index (κ2) is 4.87. The van der Waals surface area contributed by atoms with Crippen molar-refractivity contribution >= 4 is 11.8 Å². The Balaban J connectivity index is 1.90. The molecule has 0 saturated carbocycles. The van der Waals surface area contributed by atoms with Gasteiger partial charge in [0.1, 0.15) is 6.17 Å². The lowest BCUT2D eigenvalue weighted by Crippen LogP contribution is -2.39. The monoisotopic (exact) mass is 270 g/mol. The van der Waals surface area contributed by atoms with E-state index in [0.717, 1.165) is 11.1 Å². The van der Waals surface area contributed by atoms with Crippen LogP contribution < -0.4 is 5.73 Å². The predicted molar refractivity (Wildman–Crippen MR) is 75.3 cm³/mol. The number of fused-ring (bicyclic) bond motifs is 1. The van der Waals surface area contributed by atoms with Gasteiger partial charge in [0.15, 0.2) is 0 Å². The quantitative estimate of drug-likeness (QED) is 0.659. The zero-order valence-electron chi connectivity index (χ0n) is 11.5. The van der Waals surface area contributed by atoms with Crippen LogP contribution in [0.15, 0.2) is 36.4 Å². The normalized spacial score (nSPS) is 26.8. The number of benzene rings is 1. The highest BCUT2D eigenvalue weighted by atomic mass is 16.2. The molecule has 1 aliphatic carbocycles. The summed E-state index contributed by atoms with van der Waals surface area (Å²) in [6.45, 7) is 1.97. The van der Waals surface area contributed by atoms with Crippen LogP contribution in [0.1, 0.15) is 30.1 Å². The average Bonchev–Trinajstić information content (AvgIpc) is 2.71. The van der Waals surface area contributed by atoms with Gasteiger partial charge in [-0.1, -0.05) is 42.0 Å². The number of hydrogen-bond donors (Lipinski definition) is 1. The minimum Gasteiger partial charge on any atom is -0.307 e. The largest absolute Gasteiger partial charge is 0.307 e. The van der Waals surface area contributed by atoms with Gasteiger partial charge in [0.25, 0.3) is 0 Å². The fraction of sp³-hybridized carbons (Fsp3) is 0.375. The van der Waals surface area contributed by atoms with Crippen molar-refractivity contribution < 1.29 is 9.59 Å². The first-order valence-electron chi connectivity index (χ1n) is 6.93. The van der Waals surface area contributed by atoms with E-state index in [1.54, 1.807) is 0 Å². The van der Waals surface area contributed by atoms with Crippen molar-refractivity contribution in [2.24, 2.45) is 17.6 Å². The van der Waals surface area contributed by atoms with Crippen LogP contribution in [0.2, 0.25) is 0 Å². The highest BCUT2D eigenvalue weighted by molar-refractivity contribution is 6.05. The number of allylic oxidation sites excluding steroid dienone is 2. The lowest BCUT2D eigenvalue weighted by molar-refractivity contribution is -0.142. The van der Waals surface area contributed by atoms with E-state index >= 15 is 0 Å². The Labute approximate surface area is 118 Å². The van der Waals surface area contributed by atoms with E-state index in [4.69, 9.17) is 5.73 Å². The summed E-state index contributed by atoms with van der Waals surface area (Å²) >= 11 is 0. The number of amides is 2. The van der Waals surface area contributed by atoms with Gasteiger partial charge in [-0.25, -0.2) is 0 Å². The summed E-state index contributed by atoms with van der Waals surface area (Å²) < 4.78 is 0. The van der Waals surface area contributed by atoms with Gasteiger partial charge in [-0.05, 0) is 25.3 Å². The van der Waals surface area contributed by atoms with Crippen LogP contribution in [0, 0.1) is 18.8 Å². The molecule has 1 aromatic rings. The number of aryl methyl sites for hydroxylation is 1. The fourth-order valence-corrected chi connectivity index (χ4v) is 3.10. The number of likely N-dealkylation sites (tertiary alicyclic amines) is 1. The van der Waals surface area contributed by atoms with Crippen molar-refractivity contribution in [3.63, 3.8) is 0 Å². The number of nitrogens with two attached hydrogens (primary N) is 1. The average molecular weight is 270 g/mol. The molecule has 1 aromatic carbocycles. The second-order valence-corrected chi connectivity index (χ2v) is 5.56. The molecule has 2 amide bonds. The summed E-state index contributed by atoms with van der Waals surface area (Å²) in [6.07, 6.45) is 4.57. The molecule has 0 radical (unpaired) electrons. The molecule has 1 heterocycles. The Hall–Kier alpha value is -1.94. The number of rotatable bonds is 2. The third-order valence-electron chi connectivity index (χ3n) is 4.20. The van der Waals surface area contributed by atoms with Crippen molar-refractivity contribution in [3.8, 4) is 0 Å². The number of hydrogen-bond acceptors (Lipinski definition) is 3. The van der Waals surface area contributed by atoms with Crippen molar-refractivity contribution in [1.29, 1.82) is 0 Å². The molecular weight excluding hydrogens is 252 g/mol. The van der Waals surface area contributed by atoms with Crippen molar-refractivity contribution in [2.75, 3.05) is 0 Å². The number of carbonyl (C=O) groups excluding carboxylic acids is 2. The molecule has 4 nitrogen and oxygen atoms in total. The summed E-state index contributed by atoms with van der Waals surface area (Å²) in [5.41, 5.74) is 8.04.